The number of morpholine rings is 1. The van der Waals surface area contributed by atoms with Crippen LogP contribution in [0.2, 0.25) is 0 Å². The number of hydrogen-bond donors (Lipinski definition) is 2. The van der Waals surface area contributed by atoms with Gasteiger partial charge in [-0.15, -0.1) is 0 Å². The number of nitrogens with zero attached hydrogens (tertiary/aromatic N) is 2. The van der Waals surface area contributed by atoms with Crippen molar-refractivity contribution in [3.8, 4) is 0 Å². The quantitative estimate of drug-likeness (QED) is 0.723. The molecule has 0 aromatic carbocycles. The standard InChI is InChI=1S/C11H15N3O3/c12-10-5-13-2-1-9(10)11(16)14-3-4-17-8(6-14)7-15/h1-2,5,8,15H,3-4,6-7,12H2. The van der Waals surface area contributed by atoms with Gasteiger partial charge in [0.25, 0.3) is 5.91 Å². The number of ether oxygens (including phenoxy) is 1. The van der Waals surface area contributed by atoms with Gasteiger partial charge in [-0.25, -0.2) is 0 Å². The Hall–Kier alpha value is -1.66. The first-order chi connectivity index (χ1) is 8.22. The van der Waals surface area contributed by atoms with Crippen molar-refractivity contribution in [2.24, 2.45) is 0 Å². The lowest BCUT2D eigenvalue weighted by Crippen LogP contribution is -2.47. The van der Waals surface area contributed by atoms with Crippen molar-refractivity contribution in [2.45, 2.75) is 6.10 Å². The number of aliphatic hydroxyl groups is 1. The van der Waals surface area contributed by atoms with Gasteiger partial charge in [0.2, 0.25) is 0 Å². The molecule has 1 amide bonds. The topological polar surface area (TPSA) is 88.7 Å². The molecule has 0 spiro atoms. The van der Waals surface area contributed by atoms with E-state index in [1.54, 1.807) is 11.0 Å². The first-order valence-electron chi connectivity index (χ1n) is 5.43. The lowest BCUT2D eigenvalue weighted by Gasteiger charge is -2.32. The van der Waals surface area contributed by atoms with E-state index in [4.69, 9.17) is 15.6 Å². The van der Waals surface area contributed by atoms with Crippen molar-refractivity contribution in [3.63, 3.8) is 0 Å². The van der Waals surface area contributed by atoms with E-state index in [1.165, 1.54) is 12.4 Å². The predicted molar refractivity (Wildman–Crippen MR) is 61.4 cm³/mol. The number of amides is 1. The molecule has 0 bridgehead atoms. The summed E-state index contributed by atoms with van der Waals surface area (Å²) in [5, 5.41) is 9.02. The van der Waals surface area contributed by atoms with Crippen molar-refractivity contribution >= 4 is 11.6 Å². The van der Waals surface area contributed by atoms with E-state index in [9.17, 15) is 4.79 Å². The van der Waals surface area contributed by atoms with Crippen molar-refractivity contribution < 1.29 is 14.6 Å². The van der Waals surface area contributed by atoms with Crippen LogP contribution in [0.4, 0.5) is 5.69 Å². The van der Waals surface area contributed by atoms with Gasteiger partial charge in [0, 0.05) is 19.3 Å². The molecule has 0 saturated carbocycles. The molecule has 2 rings (SSSR count). The molecule has 2 heterocycles. The summed E-state index contributed by atoms with van der Waals surface area (Å²) in [6, 6.07) is 1.60. The fourth-order valence-corrected chi connectivity index (χ4v) is 1.79. The SMILES string of the molecule is Nc1cnccc1C(=O)N1CCOC(CO)C1. The summed E-state index contributed by atoms with van der Waals surface area (Å²) in [6.07, 6.45) is 2.68. The number of carbonyl (C=O) groups excluding carboxylic acids is 1. The summed E-state index contributed by atoms with van der Waals surface area (Å²) >= 11 is 0. The van der Waals surface area contributed by atoms with Gasteiger partial charge in [-0.3, -0.25) is 9.78 Å². The van der Waals surface area contributed by atoms with Gasteiger partial charge in [-0.1, -0.05) is 0 Å². The number of aromatic nitrogens is 1. The van der Waals surface area contributed by atoms with Gasteiger partial charge >= 0.3 is 0 Å². The van der Waals surface area contributed by atoms with Crippen LogP contribution in [-0.4, -0.2) is 53.3 Å². The molecule has 92 valence electrons. The first-order valence-corrected chi connectivity index (χ1v) is 5.43. The first kappa shape index (κ1) is 11.8. The average molecular weight is 237 g/mol. The van der Waals surface area contributed by atoms with Crippen molar-refractivity contribution in [3.05, 3.63) is 24.0 Å². The van der Waals surface area contributed by atoms with Crippen molar-refractivity contribution in [1.29, 1.82) is 0 Å². The molecule has 1 aromatic rings. The van der Waals surface area contributed by atoms with Gasteiger partial charge in [0.1, 0.15) is 0 Å². The summed E-state index contributed by atoms with van der Waals surface area (Å²) in [6.45, 7) is 1.24. The molecule has 1 atom stereocenters. The van der Waals surface area contributed by atoms with E-state index in [0.717, 1.165) is 0 Å². The second kappa shape index (κ2) is 5.11. The Labute approximate surface area is 99.0 Å². The molecule has 0 radical (unpaired) electrons. The van der Waals surface area contributed by atoms with E-state index in [-0.39, 0.29) is 18.6 Å². The van der Waals surface area contributed by atoms with Gasteiger partial charge < -0.3 is 20.5 Å². The number of pyridine rings is 1. The Morgan fingerprint density at radius 1 is 1.71 bits per heavy atom. The minimum atomic E-state index is -0.309. The smallest absolute Gasteiger partial charge is 0.256 e. The highest BCUT2D eigenvalue weighted by atomic mass is 16.5. The minimum Gasteiger partial charge on any atom is -0.397 e. The van der Waals surface area contributed by atoms with Crippen LogP contribution in [-0.2, 0) is 4.74 Å². The second-order valence-electron chi connectivity index (χ2n) is 3.89. The van der Waals surface area contributed by atoms with E-state index in [1.807, 2.05) is 0 Å². The average Bonchev–Trinajstić information content (AvgIpc) is 2.38. The predicted octanol–water partition coefficient (Wildman–Crippen LogP) is -0.503. The van der Waals surface area contributed by atoms with Gasteiger partial charge in [0.05, 0.1) is 36.8 Å². The lowest BCUT2D eigenvalue weighted by molar-refractivity contribution is -0.0447. The van der Waals surface area contributed by atoms with Crippen molar-refractivity contribution in [1.82, 2.24) is 9.88 Å². The van der Waals surface area contributed by atoms with Crippen molar-refractivity contribution in [2.75, 3.05) is 32.0 Å². The third kappa shape index (κ3) is 2.54. The molecule has 1 aliphatic heterocycles. The van der Waals surface area contributed by atoms with Crippen LogP contribution in [0.1, 0.15) is 10.4 Å². The van der Waals surface area contributed by atoms with Gasteiger partial charge in [-0.2, -0.15) is 0 Å². The van der Waals surface area contributed by atoms with Crippen LogP contribution in [0.15, 0.2) is 18.5 Å². The molecule has 3 N–H and O–H groups in total. The number of hydrogen-bond acceptors (Lipinski definition) is 5. The second-order valence-corrected chi connectivity index (χ2v) is 3.89. The molecule has 1 unspecified atom stereocenters. The van der Waals surface area contributed by atoms with E-state index < -0.39 is 0 Å². The third-order valence-corrected chi connectivity index (χ3v) is 2.71. The Bertz CT molecular complexity index is 411. The Balaban J connectivity index is 2.12. The molecule has 1 aliphatic rings. The number of aliphatic hydroxyl groups excluding tert-OH is 1. The van der Waals surface area contributed by atoms with Crippen LogP contribution in [0.3, 0.4) is 0 Å². The maximum atomic E-state index is 12.2. The number of nitrogen functional groups attached to an aromatic ring is 1. The number of carbonyl (C=O) groups is 1. The van der Waals surface area contributed by atoms with Crippen LogP contribution < -0.4 is 5.73 Å². The Morgan fingerprint density at radius 2 is 2.53 bits per heavy atom. The van der Waals surface area contributed by atoms with Gasteiger partial charge in [-0.05, 0) is 6.07 Å². The maximum Gasteiger partial charge on any atom is 0.256 e. The van der Waals surface area contributed by atoms with Gasteiger partial charge in [0.15, 0.2) is 0 Å². The van der Waals surface area contributed by atoms with Crippen LogP contribution in [0, 0.1) is 0 Å². The fraction of sp³-hybridized carbons (Fsp3) is 0.455. The summed E-state index contributed by atoms with van der Waals surface area (Å²) < 4.78 is 5.29. The van der Waals surface area contributed by atoms with E-state index in [0.29, 0.717) is 30.9 Å². The Kier molecular flexibility index (Phi) is 3.55. The highest BCUT2D eigenvalue weighted by Gasteiger charge is 2.25. The number of rotatable bonds is 2. The highest BCUT2D eigenvalue weighted by Crippen LogP contribution is 2.14. The monoisotopic (exact) mass is 237 g/mol. The normalized spacial score (nSPS) is 20.3. The maximum absolute atomic E-state index is 12.2. The van der Waals surface area contributed by atoms with Crippen LogP contribution >= 0.6 is 0 Å². The van der Waals surface area contributed by atoms with E-state index in [2.05, 4.69) is 4.98 Å². The zero-order chi connectivity index (χ0) is 12.3. The zero-order valence-corrected chi connectivity index (χ0v) is 9.37. The third-order valence-electron chi connectivity index (χ3n) is 2.71. The number of nitrogens with two attached hydrogens (primary N) is 1. The summed E-state index contributed by atoms with van der Waals surface area (Å²) in [7, 11) is 0. The zero-order valence-electron chi connectivity index (χ0n) is 9.37. The van der Waals surface area contributed by atoms with Crippen LogP contribution in [0.25, 0.3) is 0 Å². The highest BCUT2D eigenvalue weighted by molar-refractivity contribution is 5.98. The molecule has 1 aromatic heterocycles. The molecular formula is C11H15N3O3. The number of anilines is 1. The van der Waals surface area contributed by atoms with E-state index >= 15 is 0 Å². The molecule has 6 nitrogen and oxygen atoms in total. The minimum absolute atomic E-state index is 0.0877. The van der Waals surface area contributed by atoms with Crippen LogP contribution in [0.5, 0.6) is 0 Å². The molecular weight excluding hydrogens is 222 g/mol. The lowest BCUT2D eigenvalue weighted by atomic mass is 10.2. The molecule has 1 fully saturated rings. The molecule has 17 heavy (non-hydrogen) atoms. The molecule has 1 saturated heterocycles. The molecule has 6 heteroatoms. The Morgan fingerprint density at radius 3 is 3.24 bits per heavy atom. The summed E-state index contributed by atoms with van der Waals surface area (Å²) in [4.78, 5) is 17.6. The summed E-state index contributed by atoms with van der Waals surface area (Å²) in [5.74, 6) is -0.147. The fourth-order valence-electron chi connectivity index (χ4n) is 1.79. The summed E-state index contributed by atoms with van der Waals surface area (Å²) in [5.41, 5.74) is 6.51. The molecule has 0 aliphatic carbocycles. The largest absolute Gasteiger partial charge is 0.397 e.